The Balaban J connectivity index is 1.28. The maximum Gasteiger partial charge on any atom is 0.352 e. The molecule has 2 saturated carbocycles. The minimum absolute atomic E-state index is 0.155. The largest absolute Gasteiger partial charge is 0.383 e. The first-order chi connectivity index (χ1) is 17.2. The summed E-state index contributed by atoms with van der Waals surface area (Å²) in [5.74, 6) is -11.3. The molecule has 1 saturated heterocycles. The van der Waals surface area contributed by atoms with Gasteiger partial charge in [0, 0.05) is 18.7 Å². The summed E-state index contributed by atoms with van der Waals surface area (Å²) in [7, 11) is 1.63. The van der Waals surface area contributed by atoms with Gasteiger partial charge in [0.15, 0.2) is 0 Å². The molecule has 2 aliphatic carbocycles. The van der Waals surface area contributed by atoms with Gasteiger partial charge in [-0.1, -0.05) is 11.6 Å². The number of hydrogen-bond acceptors (Lipinski definition) is 4. The quantitative estimate of drug-likeness (QED) is 0.550. The number of amides is 2. The molecule has 2 unspecified atom stereocenters. The normalized spacial score (nSPS) is 28.6. The lowest BCUT2D eigenvalue weighted by atomic mass is 9.86. The van der Waals surface area contributed by atoms with E-state index in [1.165, 1.54) is 23.0 Å². The lowest BCUT2D eigenvalue weighted by Gasteiger charge is -2.43. The predicted octanol–water partition coefficient (Wildman–Crippen LogP) is 4.21. The average molecular weight is 547 g/mol. The Labute approximate surface area is 213 Å². The van der Waals surface area contributed by atoms with E-state index in [4.69, 9.17) is 11.6 Å². The number of halogens is 6. The van der Waals surface area contributed by atoms with Crippen molar-refractivity contribution in [3.63, 3.8) is 0 Å². The zero-order valence-corrected chi connectivity index (χ0v) is 20.4. The third-order valence-corrected chi connectivity index (χ3v) is 8.06. The van der Waals surface area contributed by atoms with Crippen molar-refractivity contribution in [1.82, 2.24) is 14.5 Å². The fraction of sp³-hybridized carbons (Fsp3) is 0.542. The molecule has 5 rings (SSSR count). The molecule has 0 spiro atoms. The van der Waals surface area contributed by atoms with E-state index in [9.17, 15) is 27.9 Å². The molecular weight excluding hydrogens is 523 g/mol. The predicted molar refractivity (Wildman–Crippen MR) is 122 cm³/mol. The van der Waals surface area contributed by atoms with Gasteiger partial charge in [-0.3, -0.25) is 9.59 Å². The maximum atomic E-state index is 15.0. The van der Waals surface area contributed by atoms with Gasteiger partial charge in [-0.15, -0.1) is 0 Å². The van der Waals surface area contributed by atoms with Crippen molar-refractivity contribution in [3.8, 4) is 0 Å². The molecule has 1 aromatic carbocycles. The van der Waals surface area contributed by atoms with Gasteiger partial charge in [-0.2, -0.15) is 8.78 Å². The van der Waals surface area contributed by atoms with Crippen LogP contribution < -0.4 is 5.32 Å². The summed E-state index contributed by atoms with van der Waals surface area (Å²) >= 11 is 5.78. The molecule has 3 aliphatic rings. The Morgan fingerprint density at radius 1 is 1.19 bits per heavy atom. The Bertz CT molecular complexity index is 1250. The summed E-state index contributed by atoms with van der Waals surface area (Å²) in [5, 5.41) is 13.3. The Kier molecular flexibility index (Phi) is 6.06. The van der Waals surface area contributed by atoms with Crippen molar-refractivity contribution < 1.29 is 36.6 Å². The topological polar surface area (TPSA) is 87.5 Å². The number of aryl methyl sites for hydroxylation is 1. The fourth-order valence-corrected chi connectivity index (χ4v) is 6.16. The molecule has 2 aromatic rings. The van der Waals surface area contributed by atoms with Crippen LogP contribution in [0, 0.1) is 17.7 Å². The summed E-state index contributed by atoms with van der Waals surface area (Å²) < 4.78 is 71.2. The van der Waals surface area contributed by atoms with Crippen molar-refractivity contribution in [2.75, 3.05) is 18.4 Å². The summed E-state index contributed by atoms with van der Waals surface area (Å²) in [6.45, 7) is -2.16. The number of carbonyl (C=O) groups is 2. The zero-order valence-electron chi connectivity index (χ0n) is 19.7. The molecule has 2 atom stereocenters. The van der Waals surface area contributed by atoms with Crippen LogP contribution in [-0.4, -0.2) is 61.9 Å². The van der Waals surface area contributed by atoms with Crippen LogP contribution in [0.25, 0.3) is 0 Å². The number of nitrogens with zero attached hydrogens (tertiary/aromatic N) is 3. The van der Waals surface area contributed by atoms with Crippen LogP contribution in [0.5, 0.6) is 0 Å². The molecule has 0 bridgehead atoms. The number of benzene rings is 1. The van der Waals surface area contributed by atoms with Gasteiger partial charge < -0.3 is 19.9 Å². The smallest absolute Gasteiger partial charge is 0.352 e. The number of aliphatic hydroxyl groups is 1. The van der Waals surface area contributed by atoms with Crippen LogP contribution in [0.15, 0.2) is 24.5 Å². The Morgan fingerprint density at radius 2 is 1.81 bits per heavy atom. The number of likely N-dealkylation sites (tertiary alicyclic amines) is 1. The molecule has 3 fully saturated rings. The minimum atomic E-state index is -4.18. The monoisotopic (exact) mass is 546 g/mol. The number of rotatable bonds is 5. The molecule has 1 aliphatic heterocycles. The van der Waals surface area contributed by atoms with Crippen LogP contribution in [0.3, 0.4) is 0 Å². The van der Waals surface area contributed by atoms with Crippen LogP contribution >= 0.6 is 11.6 Å². The number of imidazole rings is 1. The van der Waals surface area contributed by atoms with Gasteiger partial charge in [-0.25, -0.2) is 18.2 Å². The molecule has 13 heteroatoms. The van der Waals surface area contributed by atoms with Crippen LogP contribution in [0.2, 0.25) is 5.02 Å². The average Bonchev–Trinajstić information content (AvgIpc) is 3.45. The highest BCUT2D eigenvalue weighted by molar-refractivity contribution is 6.31. The fourth-order valence-electron chi connectivity index (χ4n) is 5.98. The summed E-state index contributed by atoms with van der Waals surface area (Å²) in [6, 6.07) is 3.75. The first-order valence-electron chi connectivity index (χ1n) is 11.8. The maximum absolute atomic E-state index is 15.0. The second-order valence-electron chi connectivity index (χ2n) is 10.4. The van der Waals surface area contributed by atoms with Crippen molar-refractivity contribution in [3.05, 3.63) is 46.8 Å². The highest BCUT2D eigenvalue weighted by atomic mass is 35.5. The van der Waals surface area contributed by atoms with Crippen molar-refractivity contribution in [2.24, 2.45) is 18.9 Å². The minimum Gasteiger partial charge on any atom is -0.383 e. The Morgan fingerprint density at radius 3 is 2.38 bits per heavy atom. The molecule has 1 aromatic heterocycles. The van der Waals surface area contributed by atoms with E-state index in [-0.39, 0.29) is 47.0 Å². The first kappa shape index (κ1) is 25.9. The molecule has 2 amide bonds. The van der Waals surface area contributed by atoms with Gasteiger partial charge in [0.2, 0.25) is 0 Å². The van der Waals surface area contributed by atoms with E-state index in [1.807, 2.05) is 0 Å². The van der Waals surface area contributed by atoms with E-state index in [0.29, 0.717) is 23.4 Å². The molecule has 2 N–H and O–H groups in total. The third-order valence-electron chi connectivity index (χ3n) is 7.77. The number of hydrogen-bond donors (Lipinski definition) is 2. The summed E-state index contributed by atoms with van der Waals surface area (Å²) in [4.78, 5) is 30.0. The number of carbonyl (C=O) groups excluding carboxylic acids is 2. The second kappa shape index (κ2) is 8.65. The first-order valence-corrected chi connectivity index (χ1v) is 12.1. The van der Waals surface area contributed by atoms with Gasteiger partial charge in [0.05, 0.1) is 30.1 Å². The van der Waals surface area contributed by atoms with Crippen molar-refractivity contribution >= 4 is 29.1 Å². The molecule has 7 nitrogen and oxygen atoms in total. The van der Waals surface area contributed by atoms with E-state index >= 15 is 8.78 Å². The number of fused-ring (bicyclic) bond motifs is 1. The lowest BCUT2D eigenvalue weighted by Crippen LogP contribution is -2.66. The number of nitrogens with one attached hydrogen (secondary N) is 1. The lowest BCUT2D eigenvalue weighted by molar-refractivity contribution is -0.220. The van der Waals surface area contributed by atoms with Crippen molar-refractivity contribution in [2.45, 2.75) is 49.0 Å². The standard InChI is InChI=1S/C24H24ClF5N4O3/c1-33-11-31-18(19(33)20(35)32-15-2-3-17(26)16(25)6-15)12-4-13-7-22(37,8-14(13)5-12)24(29,30)21(36)34-9-23(27,28)10-34/h2-3,6,11-14,37H,4-5,7-10H2,1H3,(H,32,35). The summed E-state index contributed by atoms with van der Waals surface area (Å²) in [6.07, 6.45) is 1.46. The van der Waals surface area contributed by atoms with Gasteiger partial charge >= 0.3 is 5.92 Å². The van der Waals surface area contributed by atoms with Gasteiger partial charge in [-0.05, 0) is 55.7 Å². The molecular formula is C24H24ClF5N4O3. The second-order valence-corrected chi connectivity index (χ2v) is 10.8. The number of alkyl halides is 4. The Hall–Kier alpha value is -2.73. The molecule has 200 valence electrons. The van der Waals surface area contributed by atoms with Gasteiger partial charge in [0.1, 0.15) is 17.1 Å². The van der Waals surface area contributed by atoms with Crippen LogP contribution in [0.4, 0.5) is 27.6 Å². The third kappa shape index (κ3) is 4.37. The van der Waals surface area contributed by atoms with E-state index in [2.05, 4.69) is 10.3 Å². The highest BCUT2D eigenvalue weighted by Crippen LogP contribution is 2.58. The zero-order chi connectivity index (χ0) is 26.9. The number of aromatic nitrogens is 2. The molecule has 2 heterocycles. The summed E-state index contributed by atoms with van der Waals surface area (Å²) in [5.41, 5.74) is -1.62. The van der Waals surface area contributed by atoms with Gasteiger partial charge in [0.25, 0.3) is 17.7 Å². The van der Waals surface area contributed by atoms with E-state index < -0.39 is 48.2 Å². The van der Waals surface area contributed by atoms with E-state index in [1.54, 1.807) is 7.05 Å². The molecule has 37 heavy (non-hydrogen) atoms. The highest BCUT2D eigenvalue weighted by Gasteiger charge is 2.67. The van der Waals surface area contributed by atoms with E-state index in [0.717, 1.165) is 6.07 Å². The van der Waals surface area contributed by atoms with Crippen LogP contribution in [-0.2, 0) is 11.8 Å². The number of anilines is 1. The molecule has 0 radical (unpaired) electrons. The van der Waals surface area contributed by atoms with Crippen LogP contribution in [0.1, 0.15) is 47.8 Å². The van der Waals surface area contributed by atoms with Crippen molar-refractivity contribution in [1.29, 1.82) is 0 Å². The SMILES string of the molecule is Cn1cnc(C2CC3CC(O)(C(F)(F)C(=O)N4CC(F)(F)C4)CC3C2)c1C(=O)Nc1ccc(F)c(Cl)c1.